The molecule has 2 heterocycles. The summed E-state index contributed by atoms with van der Waals surface area (Å²) >= 11 is 1.86. The number of likely N-dealkylation sites (N-methyl/N-ethyl adjacent to an activating group) is 1. The van der Waals surface area contributed by atoms with Gasteiger partial charge in [0.2, 0.25) is 0 Å². The molecule has 1 N–H and O–H groups in total. The number of rotatable bonds is 4. The Bertz CT molecular complexity index is 324. The molecule has 1 aromatic heterocycles. The highest BCUT2D eigenvalue weighted by Crippen LogP contribution is 2.18. The van der Waals surface area contributed by atoms with E-state index < -0.39 is 0 Å². The van der Waals surface area contributed by atoms with Crippen molar-refractivity contribution >= 4 is 11.3 Å². The summed E-state index contributed by atoms with van der Waals surface area (Å²) in [4.78, 5) is 8.37. The van der Waals surface area contributed by atoms with Gasteiger partial charge in [-0.1, -0.05) is 6.92 Å². The fourth-order valence-electron chi connectivity index (χ4n) is 2.24. The van der Waals surface area contributed by atoms with Crippen LogP contribution >= 0.6 is 11.3 Å². The highest BCUT2D eigenvalue weighted by Gasteiger charge is 2.18. The molecule has 0 aliphatic carbocycles. The lowest BCUT2D eigenvalue weighted by atomic mass is 10.1. The molecule has 1 atom stereocenters. The summed E-state index contributed by atoms with van der Waals surface area (Å²) in [6.07, 6.45) is 5.73. The lowest BCUT2D eigenvalue weighted by Crippen LogP contribution is -2.43. The second-order valence-corrected chi connectivity index (χ2v) is 5.64. The monoisotopic (exact) mass is 239 g/mol. The number of nitrogens with zero attached hydrogens (tertiary/aromatic N) is 2. The molecule has 0 aromatic carbocycles. The quantitative estimate of drug-likeness (QED) is 0.869. The van der Waals surface area contributed by atoms with Crippen LogP contribution in [0.15, 0.2) is 6.20 Å². The Morgan fingerprint density at radius 3 is 3.19 bits per heavy atom. The number of hydrogen-bond acceptors (Lipinski definition) is 4. The zero-order valence-electron chi connectivity index (χ0n) is 10.2. The number of nitrogens with one attached hydrogen (secondary N) is 1. The summed E-state index contributed by atoms with van der Waals surface area (Å²) in [5, 5.41) is 4.64. The zero-order valence-corrected chi connectivity index (χ0v) is 11.0. The first-order valence-corrected chi connectivity index (χ1v) is 6.96. The standard InChI is InChI=1S/C12H21N3S/c1-3-12-14-7-11(16-12)9-15-6-4-5-10(8-15)13-2/h7,10,13H,3-6,8-9H2,1-2H3. The van der Waals surface area contributed by atoms with Gasteiger partial charge in [0.1, 0.15) is 0 Å². The van der Waals surface area contributed by atoms with Crippen molar-refractivity contribution in [1.82, 2.24) is 15.2 Å². The van der Waals surface area contributed by atoms with Crippen LogP contribution in [0.3, 0.4) is 0 Å². The van der Waals surface area contributed by atoms with Crippen LogP contribution in [0.5, 0.6) is 0 Å². The molecule has 1 aliphatic rings. The van der Waals surface area contributed by atoms with Gasteiger partial charge in [-0.15, -0.1) is 11.3 Å². The van der Waals surface area contributed by atoms with Crippen LogP contribution in [-0.2, 0) is 13.0 Å². The van der Waals surface area contributed by atoms with E-state index in [1.54, 1.807) is 0 Å². The Morgan fingerprint density at radius 1 is 1.62 bits per heavy atom. The van der Waals surface area contributed by atoms with Gasteiger partial charge in [-0.2, -0.15) is 0 Å². The molecule has 1 saturated heterocycles. The van der Waals surface area contributed by atoms with Gasteiger partial charge >= 0.3 is 0 Å². The van der Waals surface area contributed by atoms with Gasteiger partial charge < -0.3 is 5.32 Å². The molecule has 2 rings (SSSR count). The molecule has 1 unspecified atom stereocenters. The molecule has 4 heteroatoms. The van der Waals surface area contributed by atoms with Gasteiger partial charge in [0.15, 0.2) is 0 Å². The van der Waals surface area contributed by atoms with Crippen molar-refractivity contribution in [3.8, 4) is 0 Å². The van der Waals surface area contributed by atoms with Crippen LogP contribution in [0.1, 0.15) is 29.7 Å². The van der Waals surface area contributed by atoms with Crippen molar-refractivity contribution in [1.29, 1.82) is 0 Å². The first-order chi connectivity index (χ1) is 7.81. The molecule has 1 aromatic rings. The van der Waals surface area contributed by atoms with Crippen LogP contribution in [-0.4, -0.2) is 36.1 Å². The summed E-state index contributed by atoms with van der Waals surface area (Å²) in [5.74, 6) is 0. The van der Waals surface area contributed by atoms with Crippen LogP contribution in [0.2, 0.25) is 0 Å². The third kappa shape index (κ3) is 3.03. The van der Waals surface area contributed by atoms with Crippen LogP contribution in [0, 0.1) is 0 Å². The molecule has 0 spiro atoms. The minimum Gasteiger partial charge on any atom is -0.316 e. The van der Waals surface area contributed by atoms with E-state index in [1.165, 1.54) is 35.8 Å². The van der Waals surface area contributed by atoms with E-state index in [-0.39, 0.29) is 0 Å². The number of aromatic nitrogens is 1. The molecule has 0 bridgehead atoms. The van der Waals surface area contributed by atoms with Crippen LogP contribution < -0.4 is 5.32 Å². The Hall–Kier alpha value is -0.450. The molecule has 1 aliphatic heterocycles. The Labute approximate surface area is 102 Å². The predicted molar refractivity (Wildman–Crippen MR) is 68.9 cm³/mol. The largest absolute Gasteiger partial charge is 0.316 e. The van der Waals surface area contributed by atoms with Gasteiger partial charge in [-0.3, -0.25) is 4.90 Å². The van der Waals surface area contributed by atoms with Crippen molar-refractivity contribution in [2.45, 2.75) is 38.8 Å². The van der Waals surface area contributed by atoms with Crippen molar-refractivity contribution in [2.24, 2.45) is 0 Å². The third-order valence-electron chi connectivity index (χ3n) is 3.20. The average molecular weight is 239 g/mol. The molecular weight excluding hydrogens is 218 g/mol. The van der Waals surface area contributed by atoms with E-state index in [0.717, 1.165) is 13.0 Å². The first kappa shape index (κ1) is 12.0. The molecule has 1 fully saturated rings. The minimum absolute atomic E-state index is 0.673. The number of aryl methyl sites for hydroxylation is 1. The summed E-state index contributed by atoms with van der Waals surface area (Å²) in [5.41, 5.74) is 0. The minimum atomic E-state index is 0.673. The van der Waals surface area contributed by atoms with Crippen molar-refractivity contribution < 1.29 is 0 Å². The maximum absolute atomic E-state index is 4.42. The van der Waals surface area contributed by atoms with E-state index in [0.29, 0.717) is 6.04 Å². The Balaban J connectivity index is 1.88. The van der Waals surface area contributed by atoms with Gasteiger partial charge in [0.25, 0.3) is 0 Å². The Morgan fingerprint density at radius 2 is 2.50 bits per heavy atom. The lowest BCUT2D eigenvalue weighted by Gasteiger charge is -2.32. The molecular formula is C12H21N3S. The van der Waals surface area contributed by atoms with E-state index >= 15 is 0 Å². The van der Waals surface area contributed by atoms with Crippen LogP contribution in [0.25, 0.3) is 0 Å². The molecule has 0 saturated carbocycles. The average Bonchev–Trinajstić information content (AvgIpc) is 2.77. The summed E-state index contributed by atoms with van der Waals surface area (Å²) in [6.45, 7) is 5.66. The Kier molecular flexibility index (Phi) is 4.32. The van der Waals surface area contributed by atoms with Gasteiger partial charge in [0.05, 0.1) is 5.01 Å². The highest BCUT2D eigenvalue weighted by molar-refractivity contribution is 7.11. The summed E-state index contributed by atoms with van der Waals surface area (Å²) in [6, 6.07) is 0.673. The van der Waals surface area contributed by atoms with E-state index in [4.69, 9.17) is 0 Å². The van der Waals surface area contributed by atoms with Crippen molar-refractivity contribution in [3.05, 3.63) is 16.1 Å². The SMILES string of the molecule is CCc1ncc(CN2CCCC(NC)C2)s1. The summed E-state index contributed by atoms with van der Waals surface area (Å²) < 4.78 is 0. The fourth-order valence-corrected chi connectivity index (χ4v) is 3.14. The summed E-state index contributed by atoms with van der Waals surface area (Å²) in [7, 11) is 2.07. The number of piperidine rings is 1. The number of thiazole rings is 1. The molecule has 0 amide bonds. The predicted octanol–water partition coefficient (Wildman–Crippen LogP) is 1.89. The van der Waals surface area contributed by atoms with E-state index in [1.807, 2.05) is 17.5 Å². The maximum Gasteiger partial charge on any atom is 0.0925 e. The fraction of sp³-hybridized carbons (Fsp3) is 0.750. The maximum atomic E-state index is 4.42. The van der Waals surface area contributed by atoms with E-state index in [9.17, 15) is 0 Å². The first-order valence-electron chi connectivity index (χ1n) is 6.15. The zero-order chi connectivity index (χ0) is 11.4. The highest BCUT2D eigenvalue weighted by atomic mass is 32.1. The molecule has 3 nitrogen and oxygen atoms in total. The van der Waals surface area contributed by atoms with Crippen molar-refractivity contribution in [3.63, 3.8) is 0 Å². The smallest absolute Gasteiger partial charge is 0.0925 e. The van der Waals surface area contributed by atoms with Crippen LogP contribution in [0.4, 0.5) is 0 Å². The molecule has 90 valence electrons. The third-order valence-corrected chi connectivity index (χ3v) is 4.32. The normalized spacial score (nSPS) is 22.5. The number of likely N-dealkylation sites (tertiary alicyclic amines) is 1. The molecule has 0 radical (unpaired) electrons. The second kappa shape index (κ2) is 5.75. The lowest BCUT2D eigenvalue weighted by molar-refractivity contribution is 0.189. The van der Waals surface area contributed by atoms with Gasteiger partial charge in [-0.05, 0) is 32.9 Å². The second-order valence-electron chi connectivity index (χ2n) is 4.44. The van der Waals surface area contributed by atoms with Gasteiger partial charge in [0, 0.05) is 30.2 Å². The topological polar surface area (TPSA) is 28.2 Å². The molecule has 16 heavy (non-hydrogen) atoms. The number of hydrogen-bond donors (Lipinski definition) is 1. The van der Waals surface area contributed by atoms with E-state index in [2.05, 4.69) is 29.2 Å². The van der Waals surface area contributed by atoms with Gasteiger partial charge in [-0.25, -0.2) is 4.98 Å². The van der Waals surface area contributed by atoms with Crippen molar-refractivity contribution in [2.75, 3.05) is 20.1 Å².